The molecule has 10 heteroatoms. The Labute approximate surface area is 245 Å². The standard InChI is InChI=1S/C32H28N2O7S/c1-4-38-31(36)28-19(2)33-32-34(29(28)22-8-6-5-7-9-22)30(35)27(42-32)16-20-10-12-23(25(14-20)37-3)39-17-21-11-13-24-26(15-21)41-18-40-24/h5-16,29H,4,17-18H2,1-3H3/b27-16-/t29-/m0/s1. The molecule has 0 saturated heterocycles. The van der Waals surface area contributed by atoms with Gasteiger partial charge >= 0.3 is 5.97 Å². The van der Waals surface area contributed by atoms with Gasteiger partial charge in [-0.15, -0.1) is 0 Å². The summed E-state index contributed by atoms with van der Waals surface area (Å²) in [6, 6.07) is 20.0. The molecule has 2 aliphatic rings. The van der Waals surface area contributed by atoms with Gasteiger partial charge in [0.2, 0.25) is 6.79 Å². The average molecular weight is 585 g/mol. The Morgan fingerprint density at radius 1 is 1.07 bits per heavy atom. The predicted molar refractivity (Wildman–Crippen MR) is 157 cm³/mol. The van der Waals surface area contributed by atoms with Crippen molar-refractivity contribution in [2.75, 3.05) is 20.5 Å². The normalized spacial score (nSPS) is 15.7. The van der Waals surface area contributed by atoms with Crippen LogP contribution in [0.5, 0.6) is 23.0 Å². The summed E-state index contributed by atoms with van der Waals surface area (Å²) in [6.45, 7) is 4.27. The van der Waals surface area contributed by atoms with Gasteiger partial charge in [0, 0.05) is 0 Å². The molecule has 0 N–H and O–H groups in total. The Balaban J connectivity index is 1.33. The first-order valence-electron chi connectivity index (χ1n) is 13.4. The molecule has 0 spiro atoms. The quantitative estimate of drug-likeness (QED) is 0.288. The number of benzene rings is 3. The van der Waals surface area contributed by atoms with Crippen molar-refractivity contribution in [3.05, 3.63) is 114 Å². The van der Waals surface area contributed by atoms with E-state index in [0.29, 0.717) is 50.2 Å². The number of nitrogens with zero attached hydrogens (tertiary/aromatic N) is 2. The number of aromatic nitrogens is 1. The molecule has 4 aromatic rings. The number of ether oxygens (including phenoxy) is 5. The van der Waals surface area contributed by atoms with Crippen LogP contribution in [0.25, 0.3) is 6.08 Å². The van der Waals surface area contributed by atoms with Crippen molar-refractivity contribution in [3.8, 4) is 23.0 Å². The van der Waals surface area contributed by atoms with Crippen LogP contribution in [0.2, 0.25) is 0 Å². The van der Waals surface area contributed by atoms with Gasteiger partial charge < -0.3 is 23.7 Å². The predicted octanol–water partition coefficient (Wildman–Crippen LogP) is 4.11. The maximum atomic E-state index is 13.8. The third kappa shape index (κ3) is 5.16. The van der Waals surface area contributed by atoms with E-state index < -0.39 is 12.0 Å². The Morgan fingerprint density at radius 2 is 1.88 bits per heavy atom. The smallest absolute Gasteiger partial charge is 0.338 e. The van der Waals surface area contributed by atoms with Crippen LogP contribution in [0.15, 0.2) is 87.8 Å². The molecule has 0 radical (unpaired) electrons. The molecular formula is C32H28N2O7S. The van der Waals surface area contributed by atoms with Crippen molar-refractivity contribution in [1.29, 1.82) is 0 Å². The van der Waals surface area contributed by atoms with Gasteiger partial charge in [0.25, 0.3) is 5.56 Å². The fourth-order valence-electron chi connectivity index (χ4n) is 4.98. The lowest BCUT2D eigenvalue weighted by atomic mass is 9.96. The van der Waals surface area contributed by atoms with E-state index >= 15 is 0 Å². The molecule has 0 fully saturated rings. The Morgan fingerprint density at radius 3 is 2.67 bits per heavy atom. The highest BCUT2D eigenvalue weighted by molar-refractivity contribution is 7.07. The summed E-state index contributed by atoms with van der Waals surface area (Å²) >= 11 is 1.27. The van der Waals surface area contributed by atoms with Crippen LogP contribution in [0.3, 0.4) is 0 Å². The second-order valence-corrected chi connectivity index (χ2v) is 10.6. The maximum absolute atomic E-state index is 13.8. The number of carbonyl (C=O) groups is 1. The van der Waals surface area contributed by atoms with E-state index in [1.165, 1.54) is 11.3 Å². The van der Waals surface area contributed by atoms with Crippen LogP contribution in [-0.4, -0.2) is 31.0 Å². The van der Waals surface area contributed by atoms with E-state index in [2.05, 4.69) is 4.99 Å². The number of thiazole rings is 1. The Kier molecular flexibility index (Phi) is 7.54. The number of rotatable bonds is 8. The number of methoxy groups -OCH3 is 1. The lowest BCUT2D eigenvalue weighted by molar-refractivity contribution is -0.139. The third-order valence-corrected chi connectivity index (χ3v) is 7.93. The topological polar surface area (TPSA) is 97.6 Å². The van der Waals surface area contributed by atoms with Gasteiger partial charge in [0.1, 0.15) is 6.61 Å². The molecule has 0 saturated carbocycles. The molecule has 42 heavy (non-hydrogen) atoms. The largest absolute Gasteiger partial charge is 0.493 e. The van der Waals surface area contributed by atoms with Gasteiger partial charge in [-0.05, 0) is 60.9 Å². The number of fused-ring (bicyclic) bond motifs is 2. The number of hydrogen-bond acceptors (Lipinski definition) is 9. The summed E-state index contributed by atoms with van der Waals surface area (Å²) in [4.78, 5) is 32.0. The second-order valence-electron chi connectivity index (χ2n) is 9.60. The van der Waals surface area contributed by atoms with Gasteiger partial charge in [0.05, 0.1) is 35.6 Å². The molecule has 1 aromatic heterocycles. The van der Waals surface area contributed by atoms with E-state index in [9.17, 15) is 9.59 Å². The molecule has 0 bridgehead atoms. The number of hydrogen-bond donors (Lipinski definition) is 0. The summed E-state index contributed by atoms with van der Waals surface area (Å²) < 4.78 is 29.9. The fraction of sp³-hybridized carbons (Fsp3) is 0.219. The molecule has 0 unspecified atom stereocenters. The molecule has 0 amide bonds. The molecule has 0 aliphatic carbocycles. The van der Waals surface area contributed by atoms with Crippen LogP contribution in [0.4, 0.5) is 0 Å². The minimum absolute atomic E-state index is 0.214. The third-order valence-electron chi connectivity index (χ3n) is 6.95. The zero-order chi connectivity index (χ0) is 29.2. The first-order valence-corrected chi connectivity index (χ1v) is 14.2. The van der Waals surface area contributed by atoms with Crippen LogP contribution in [0, 0.1) is 0 Å². The summed E-state index contributed by atoms with van der Waals surface area (Å²) in [6.07, 6.45) is 1.79. The zero-order valence-corrected chi connectivity index (χ0v) is 24.1. The molecule has 1 atom stereocenters. The number of carbonyl (C=O) groups excluding carboxylic acids is 1. The minimum atomic E-state index is -0.648. The van der Waals surface area contributed by atoms with Gasteiger partial charge in [-0.25, -0.2) is 9.79 Å². The number of allylic oxidation sites excluding steroid dienone is 1. The van der Waals surface area contributed by atoms with Crippen LogP contribution >= 0.6 is 11.3 Å². The van der Waals surface area contributed by atoms with Crippen molar-refractivity contribution in [2.45, 2.75) is 26.5 Å². The Hall–Kier alpha value is -4.83. The second kappa shape index (κ2) is 11.6. The highest BCUT2D eigenvalue weighted by atomic mass is 32.1. The van der Waals surface area contributed by atoms with E-state index in [4.69, 9.17) is 23.7 Å². The van der Waals surface area contributed by atoms with Crippen molar-refractivity contribution in [2.24, 2.45) is 4.99 Å². The average Bonchev–Trinajstić information content (AvgIpc) is 3.59. The van der Waals surface area contributed by atoms with Crippen LogP contribution < -0.4 is 33.8 Å². The Bertz CT molecular complexity index is 1870. The maximum Gasteiger partial charge on any atom is 0.338 e. The highest BCUT2D eigenvalue weighted by Gasteiger charge is 2.33. The lowest BCUT2D eigenvalue weighted by Gasteiger charge is -2.24. The molecule has 6 rings (SSSR count). The molecule has 9 nitrogen and oxygen atoms in total. The van der Waals surface area contributed by atoms with Crippen LogP contribution in [0.1, 0.15) is 36.6 Å². The monoisotopic (exact) mass is 584 g/mol. The van der Waals surface area contributed by atoms with E-state index in [0.717, 1.165) is 16.7 Å². The molecular weight excluding hydrogens is 556 g/mol. The van der Waals surface area contributed by atoms with E-state index in [1.807, 2.05) is 66.7 Å². The molecule has 2 aliphatic heterocycles. The highest BCUT2D eigenvalue weighted by Crippen LogP contribution is 2.34. The fourth-order valence-corrected chi connectivity index (χ4v) is 6.03. The summed E-state index contributed by atoms with van der Waals surface area (Å²) in [7, 11) is 1.57. The van der Waals surface area contributed by atoms with Gasteiger partial charge in [-0.1, -0.05) is 53.8 Å². The van der Waals surface area contributed by atoms with Crippen molar-refractivity contribution < 1.29 is 28.5 Å². The van der Waals surface area contributed by atoms with Gasteiger partial charge in [-0.3, -0.25) is 9.36 Å². The molecule has 3 aromatic carbocycles. The van der Waals surface area contributed by atoms with Crippen molar-refractivity contribution in [3.63, 3.8) is 0 Å². The van der Waals surface area contributed by atoms with Gasteiger partial charge in [0.15, 0.2) is 27.8 Å². The zero-order valence-electron chi connectivity index (χ0n) is 23.3. The first-order chi connectivity index (χ1) is 20.5. The van der Waals surface area contributed by atoms with E-state index in [1.54, 1.807) is 31.6 Å². The summed E-state index contributed by atoms with van der Waals surface area (Å²) in [5.74, 6) is 2.02. The first kappa shape index (κ1) is 27.3. The van der Waals surface area contributed by atoms with Gasteiger partial charge in [-0.2, -0.15) is 0 Å². The summed E-state index contributed by atoms with van der Waals surface area (Å²) in [5, 5.41) is 0. The lowest BCUT2D eigenvalue weighted by Crippen LogP contribution is -2.39. The van der Waals surface area contributed by atoms with E-state index in [-0.39, 0.29) is 19.0 Å². The molecule has 214 valence electrons. The molecule has 3 heterocycles. The SMILES string of the molecule is CCOC(=O)C1=C(C)N=c2s/c(=C\c3ccc(OCc4ccc5c(c4)OCO5)c(OC)c3)c(=O)n2[C@H]1c1ccccc1. The summed E-state index contributed by atoms with van der Waals surface area (Å²) in [5.41, 5.74) is 3.12. The van der Waals surface area contributed by atoms with Crippen molar-refractivity contribution in [1.82, 2.24) is 4.57 Å². The minimum Gasteiger partial charge on any atom is -0.493 e. The number of esters is 1. The van der Waals surface area contributed by atoms with Crippen molar-refractivity contribution >= 4 is 23.4 Å². The van der Waals surface area contributed by atoms with Crippen LogP contribution in [-0.2, 0) is 16.1 Å².